The van der Waals surface area contributed by atoms with Crippen LogP contribution in [-0.4, -0.2) is 48.6 Å². The van der Waals surface area contributed by atoms with E-state index in [0.29, 0.717) is 32.1 Å². The van der Waals surface area contributed by atoms with E-state index in [4.69, 9.17) is 9.41 Å². The van der Waals surface area contributed by atoms with E-state index in [2.05, 4.69) is 22.2 Å². The average molecular weight is 546 g/mol. The van der Waals surface area contributed by atoms with E-state index >= 15 is 0 Å². The van der Waals surface area contributed by atoms with Crippen LogP contribution in [0.3, 0.4) is 0 Å². The number of hydrogen-bond donors (Lipinski definition) is 1. The quantitative estimate of drug-likeness (QED) is 0.416. The number of thiazole rings is 1. The molecule has 6 rings (SSSR count). The van der Waals surface area contributed by atoms with Crippen molar-refractivity contribution < 1.29 is 9.21 Å². The number of thiophene rings is 1. The van der Waals surface area contributed by atoms with Crippen molar-refractivity contribution in [1.29, 1.82) is 0 Å². The molecule has 1 N–H and O–H groups in total. The van der Waals surface area contributed by atoms with E-state index in [1.165, 1.54) is 22.7 Å². The predicted molar refractivity (Wildman–Crippen MR) is 152 cm³/mol. The Labute approximate surface area is 227 Å². The first-order valence-electron chi connectivity index (χ1n) is 12.4. The minimum atomic E-state index is -0.561. The lowest BCUT2D eigenvalue weighted by atomic mass is 10.0. The summed E-state index contributed by atoms with van der Waals surface area (Å²) in [5, 5.41) is 4.93. The Morgan fingerprint density at radius 1 is 1.08 bits per heavy atom. The molecule has 0 saturated carbocycles. The normalized spacial score (nSPS) is 18.4. The van der Waals surface area contributed by atoms with Gasteiger partial charge in [-0.05, 0) is 43.6 Å². The van der Waals surface area contributed by atoms with Gasteiger partial charge in [-0.3, -0.25) is 14.2 Å². The zero-order valence-electron chi connectivity index (χ0n) is 21.1. The summed E-state index contributed by atoms with van der Waals surface area (Å²) in [7, 11) is 2.12. The van der Waals surface area contributed by atoms with Gasteiger partial charge in [0.05, 0.1) is 15.8 Å². The molecular weight excluding hydrogens is 518 g/mol. The lowest BCUT2D eigenvalue weighted by Gasteiger charge is -2.32. The maximum atomic E-state index is 13.8. The van der Waals surface area contributed by atoms with Crippen molar-refractivity contribution in [3.63, 3.8) is 0 Å². The molecule has 0 aliphatic carbocycles. The monoisotopic (exact) mass is 545 g/mol. The number of furan rings is 1. The van der Waals surface area contributed by atoms with Crippen LogP contribution in [0.5, 0.6) is 0 Å². The third kappa shape index (κ3) is 4.66. The maximum absolute atomic E-state index is 13.8. The number of allylic oxidation sites excluding steroid dienone is 1. The number of carbonyl (C=O) groups excluding carboxylic acids is 1. The van der Waals surface area contributed by atoms with Crippen molar-refractivity contribution in [3.05, 3.63) is 102 Å². The molecule has 5 heterocycles. The second-order valence-electron chi connectivity index (χ2n) is 9.38. The van der Waals surface area contributed by atoms with E-state index in [0.717, 1.165) is 36.9 Å². The summed E-state index contributed by atoms with van der Waals surface area (Å²) >= 11 is 2.83. The van der Waals surface area contributed by atoms with Crippen LogP contribution in [0.2, 0.25) is 0 Å². The standard InChI is InChI=1S/C28H27N5O3S2/c1-18-24(26(34)30-19-7-4-3-5-8-19)25(21-9-6-16-37-21)33-27(35)22(38-28(33)29-18)17-20-10-11-23(36-20)32-14-12-31(2)13-15-32/h3-11,16-17,25H,12-15H2,1-2H3,(H,30,34). The highest BCUT2D eigenvalue weighted by atomic mass is 32.1. The smallest absolute Gasteiger partial charge is 0.271 e. The lowest BCUT2D eigenvalue weighted by molar-refractivity contribution is -0.113. The third-order valence-electron chi connectivity index (χ3n) is 6.81. The van der Waals surface area contributed by atoms with Gasteiger partial charge in [-0.2, -0.15) is 0 Å². The fraction of sp³-hybridized carbons (Fsp3) is 0.250. The highest BCUT2D eigenvalue weighted by molar-refractivity contribution is 7.10. The number of piperazine rings is 1. The second-order valence-corrected chi connectivity index (χ2v) is 11.4. The third-order valence-corrected chi connectivity index (χ3v) is 8.72. The fourth-order valence-electron chi connectivity index (χ4n) is 4.79. The number of fused-ring (bicyclic) bond motifs is 1. The van der Waals surface area contributed by atoms with Gasteiger partial charge >= 0.3 is 0 Å². The number of nitrogens with one attached hydrogen (secondary N) is 1. The summed E-state index contributed by atoms with van der Waals surface area (Å²) in [5.41, 5.74) is 1.56. The van der Waals surface area contributed by atoms with Crippen molar-refractivity contribution in [1.82, 2.24) is 9.47 Å². The first kappa shape index (κ1) is 24.6. The Balaban J connectivity index is 1.38. The van der Waals surface area contributed by atoms with Gasteiger partial charge in [0.15, 0.2) is 10.7 Å². The van der Waals surface area contributed by atoms with E-state index in [-0.39, 0.29) is 11.5 Å². The molecule has 0 spiro atoms. The molecular formula is C28H27N5O3S2. The van der Waals surface area contributed by atoms with Crippen LogP contribution in [0.1, 0.15) is 23.6 Å². The molecule has 194 valence electrons. The molecule has 8 nitrogen and oxygen atoms in total. The first-order valence-corrected chi connectivity index (χ1v) is 14.1. The number of para-hydroxylation sites is 1. The van der Waals surface area contributed by atoms with Crippen molar-refractivity contribution in [2.45, 2.75) is 13.0 Å². The molecule has 3 aromatic heterocycles. The van der Waals surface area contributed by atoms with Gasteiger partial charge in [-0.25, -0.2) is 4.99 Å². The van der Waals surface area contributed by atoms with Gasteiger partial charge in [0.1, 0.15) is 11.8 Å². The number of rotatable bonds is 5. The molecule has 1 aromatic carbocycles. The molecule has 2 aliphatic heterocycles. The Morgan fingerprint density at radius 2 is 1.87 bits per heavy atom. The van der Waals surface area contributed by atoms with E-state index in [9.17, 15) is 9.59 Å². The lowest BCUT2D eigenvalue weighted by Crippen LogP contribution is -2.44. The molecule has 1 fully saturated rings. The zero-order chi connectivity index (χ0) is 26.2. The Morgan fingerprint density at radius 3 is 2.61 bits per heavy atom. The summed E-state index contributed by atoms with van der Waals surface area (Å²) in [5.74, 6) is 1.16. The number of aromatic nitrogens is 1. The van der Waals surface area contributed by atoms with Gasteiger partial charge < -0.3 is 19.5 Å². The van der Waals surface area contributed by atoms with Crippen LogP contribution in [-0.2, 0) is 4.79 Å². The number of nitrogens with zero attached hydrogens (tertiary/aromatic N) is 4. The van der Waals surface area contributed by atoms with Crippen LogP contribution in [0, 0.1) is 0 Å². The van der Waals surface area contributed by atoms with Crippen molar-refractivity contribution in [2.75, 3.05) is 43.4 Å². The molecule has 0 radical (unpaired) electrons. The highest BCUT2D eigenvalue weighted by Crippen LogP contribution is 2.33. The molecule has 1 atom stereocenters. The Hall–Kier alpha value is -3.73. The summed E-state index contributed by atoms with van der Waals surface area (Å²) in [6.07, 6.45) is 1.78. The SMILES string of the molecule is CC1=C(C(=O)Nc2ccccc2)C(c2cccs2)n2c(sc(=Cc3ccc(N4CCN(C)CC4)o3)c2=O)=N1. The summed E-state index contributed by atoms with van der Waals surface area (Å²) in [6, 6.07) is 16.5. The second kappa shape index (κ2) is 10.2. The van der Waals surface area contributed by atoms with E-state index in [1.54, 1.807) is 10.6 Å². The predicted octanol–water partition coefficient (Wildman–Crippen LogP) is 3.28. The van der Waals surface area contributed by atoms with Gasteiger partial charge in [-0.1, -0.05) is 35.6 Å². The number of hydrogen-bond acceptors (Lipinski definition) is 8. The van der Waals surface area contributed by atoms with E-state index < -0.39 is 6.04 Å². The fourth-order valence-corrected chi connectivity index (χ4v) is 6.64. The molecule has 4 aromatic rings. The zero-order valence-corrected chi connectivity index (χ0v) is 22.7. The first-order chi connectivity index (χ1) is 18.5. The minimum absolute atomic E-state index is 0.192. The molecule has 0 bridgehead atoms. The average Bonchev–Trinajstić information content (AvgIpc) is 3.66. The Kier molecular flexibility index (Phi) is 6.61. The molecule has 38 heavy (non-hydrogen) atoms. The molecule has 1 unspecified atom stereocenters. The molecule has 1 amide bonds. The van der Waals surface area contributed by atoms with Crippen molar-refractivity contribution in [3.8, 4) is 0 Å². The summed E-state index contributed by atoms with van der Waals surface area (Å²) < 4.78 is 8.26. The van der Waals surface area contributed by atoms with Crippen molar-refractivity contribution in [2.24, 2.45) is 4.99 Å². The van der Waals surface area contributed by atoms with Crippen LogP contribution < -0.4 is 25.1 Å². The number of carbonyl (C=O) groups is 1. The topological polar surface area (TPSA) is 83.1 Å². The highest BCUT2D eigenvalue weighted by Gasteiger charge is 2.33. The molecule has 10 heteroatoms. The van der Waals surface area contributed by atoms with Crippen LogP contribution in [0.15, 0.2) is 85.5 Å². The number of benzene rings is 1. The van der Waals surface area contributed by atoms with Gasteiger partial charge in [0, 0.05) is 48.9 Å². The number of likely N-dealkylation sites (N-methyl/N-ethyl adjacent to an activating group) is 1. The van der Waals surface area contributed by atoms with Gasteiger partial charge in [0.25, 0.3) is 11.5 Å². The van der Waals surface area contributed by atoms with Gasteiger partial charge in [0.2, 0.25) is 0 Å². The van der Waals surface area contributed by atoms with Crippen LogP contribution >= 0.6 is 22.7 Å². The largest absolute Gasteiger partial charge is 0.441 e. The van der Waals surface area contributed by atoms with Crippen molar-refractivity contribution >= 4 is 46.2 Å². The van der Waals surface area contributed by atoms with Crippen LogP contribution in [0.25, 0.3) is 6.08 Å². The maximum Gasteiger partial charge on any atom is 0.271 e. The summed E-state index contributed by atoms with van der Waals surface area (Å²) in [6.45, 7) is 5.60. The van der Waals surface area contributed by atoms with Gasteiger partial charge in [-0.15, -0.1) is 11.3 Å². The summed E-state index contributed by atoms with van der Waals surface area (Å²) in [4.78, 5) is 38.0. The molecule has 2 aliphatic rings. The van der Waals surface area contributed by atoms with Crippen LogP contribution in [0.4, 0.5) is 11.6 Å². The minimum Gasteiger partial charge on any atom is -0.441 e. The molecule has 1 saturated heterocycles. The number of amides is 1. The number of anilines is 2. The Bertz CT molecular complexity index is 1670. The van der Waals surface area contributed by atoms with E-state index in [1.807, 2.05) is 66.9 Å².